The fraction of sp³-hybridized carbons (Fsp3) is 0.286. The van der Waals surface area contributed by atoms with Gasteiger partial charge in [0, 0.05) is 31.1 Å². The average molecular weight is 244 g/mol. The molecule has 0 saturated carbocycles. The molecule has 0 aromatic heterocycles. The van der Waals surface area contributed by atoms with Gasteiger partial charge in [-0.3, -0.25) is 14.5 Å². The minimum absolute atomic E-state index is 0.134. The summed E-state index contributed by atoms with van der Waals surface area (Å²) >= 11 is 0. The summed E-state index contributed by atoms with van der Waals surface area (Å²) in [5.41, 5.74) is 8.27. The van der Waals surface area contributed by atoms with Crippen LogP contribution in [0, 0.1) is 5.92 Å². The Labute approximate surface area is 106 Å². The van der Waals surface area contributed by atoms with Crippen molar-refractivity contribution >= 4 is 23.1 Å². The number of amides is 2. The van der Waals surface area contributed by atoms with Crippen LogP contribution >= 0.6 is 0 Å². The molecule has 1 aliphatic rings. The maximum atomic E-state index is 11.8. The number of imide groups is 1. The first-order valence-electron chi connectivity index (χ1n) is 5.88. The Kier molecular flexibility index (Phi) is 3.19. The Morgan fingerprint density at radius 1 is 1.33 bits per heavy atom. The molecule has 0 fully saturated rings. The molecule has 0 aliphatic carbocycles. The first-order valence-corrected chi connectivity index (χ1v) is 5.88. The monoisotopic (exact) mass is 244 g/mol. The minimum atomic E-state index is -0.243. The number of hydrogen-bond donors (Lipinski definition) is 1. The van der Waals surface area contributed by atoms with E-state index in [-0.39, 0.29) is 17.7 Å². The summed E-state index contributed by atoms with van der Waals surface area (Å²) in [5.74, 6) is -0.317. The third-order valence-electron chi connectivity index (χ3n) is 3.16. The average Bonchev–Trinajstić information content (AvgIpc) is 2.32. The molecular weight excluding hydrogens is 228 g/mol. The minimum Gasteiger partial charge on any atom is -0.399 e. The van der Waals surface area contributed by atoms with Crippen LogP contribution in [0.1, 0.15) is 19.4 Å². The van der Waals surface area contributed by atoms with Crippen LogP contribution in [0.25, 0.3) is 5.57 Å². The van der Waals surface area contributed by atoms with E-state index in [0.29, 0.717) is 12.2 Å². The first-order chi connectivity index (χ1) is 8.49. The third-order valence-corrected chi connectivity index (χ3v) is 3.16. The normalized spacial score (nSPS) is 19.7. The largest absolute Gasteiger partial charge is 0.399 e. The molecule has 0 radical (unpaired) electrons. The Bertz CT molecular complexity index is 517. The highest BCUT2D eigenvalue weighted by molar-refractivity contribution is 6.05. The molecular formula is C14H16N2O2. The van der Waals surface area contributed by atoms with Crippen molar-refractivity contribution in [1.82, 2.24) is 4.90 Å². The second kappa shape index (κ2) is 4.64. The Balaban J connectivity index is 2.34. The molecule has 94 valence electrons. The molecule has 1 heterocycles. The number of benzene rings is 1. The number of nitrogens with two attached hydrogens (primary N) is 1. The van der Waals surface area contributed by atoms with E-state index >= 15 is 0 Å². The van der Waals surface area contributed by atoms with Crippen LogP contribution in [0.4, 0.5) is 5.69 Å². The molecule has 1 atom stereocenters. The van der Waals surface area contributed by atoms with Gasteiger partial charge in [-0.1, -0.05) is 19.1 Å². The standard InChI is InChI=1S/C14H16N2O2/c1-9-8-16(10(2)17)14(18)7-13(9)11-3-5-12(15)6-4-11/h3-7,9H,8,15H2,1-2H3/t9-/m1/s1. The van der Waals surface area contributed by atoms with Gasteiger partial charge in [0.15, 0.2) is 0 Å². The zero-order valence-corrected chi connectivity index (χ0v) is 10.5. The molecule has 4 nitrogen and oxygen atoms in total. The fourth-order valence-corrected chi connectivity index (χ4v) is 2.14. The topological polar surface area (TPSA) is 63.4 Å². The molecule has 1 aromatic carbocycles. The second-order valence-electron chi connectivity index (χ2n) is 4.59. The molecule has 0 spiro atoms. The van der Waals surface area contributed by atoms with Crippen molar-refractivity contribution in [1.29, 1.82) is 0 Å². The van der Waals surface area contributed by atoms with Gasteiger partial charge in [-0.05, 0) is 23.3 Å². The summed E-state index contributed by atoms with van der Waals surface area (Å²) in [4.78, 5) is 24.4. The summed E-state index contributed by atoms with van der Waals surface area (Å²) in [5, 5.41) is 0. The summed E-state index contributed by atoms with van der Waals surface area (Å²) < 4.78 is 0. The highest BCUT2D eigenvalue weighted by atomic mass is 16.2. The van der Waals surface area contributed by atoms with Crippen molar-refractivity contribution in [2.45, 2.75) is 13.8 Å². The molecule has 0 unspecified atom stereocenters. The van der Waals surface area contributed by atoms with Gasteiger partial charge in [-0.25, -0.2) is 0 Å². The lowest BCUT2D eigenvalue weighted by atomic mass is 9.90. The molecule has 2 N–H and O–H groups in total. The van der Waals surface area contributed by atoms with Gasteiger partial charge in [-0.2, -0.15) is 0 Å². The van der Waals surface area contributed by atoms with E-state index in [9.17, 15) is 9.59 Å². The van der Waals surface area contributed by atoms with Crippen LogP contribution in [0.2, 0.25) is 0 Å². The molecule has 0 bridgehead atoms. The highest BCUT2D eigenvalue weighted by Crippen LogP contribution is 2.28. The van der Waals surface area contributed by atoms with Crippen LogP contribution in [0.3, 0.4) is 0 Å². The Hall–Kier alpha value is -2.10. The van der Waals surface area contributed by atoms with Crippen molar-refractivity contribution < 1.29 is 9.59 Å². The summed E-state index contributed by atoms with van der Waals surface area (Å²) in [6.07, 6.45) is 1.54. The van der Waals surface area contributed by atoms with Crippen molar-refractivity contribution in [3.05, 3.63) is 35.9 Å². The summed E-state index contributed by atoms with van der Waals surface area (Å²) in [6.45, 7) is 3.85. The zero-order valence-electron chi connectivity index (χ0n) is 10.5. The Morgan fingerprint density at radius 2 is 1.94 bits per heavy atom. The van der Waals surface area contributed by atoms with Crippen molar-refractivity contribution in [3.8, 4) is 0 Å². The third kappa shape index (κ3) is 2.27. The molecule has 0 saturated heterocycles. The number of nitrogen functional groups attached to an aromatic ring is 1. The lowest BCUT2D eigenvalue weighted by Gasteiger charge is -2.29. The fourth-order valence-electron chi connectivity index (χ4n) is 2.14. The Morgan fingerprint density at radius 3 is 2.50 bits per heavy atom. The van der Waals surface area contributed by atoms with Crippen molar-refractivity contribution in [2.75, 3.05) is 12.3 Å². The quantitative estimate of drug-likeness (QED) is 0.764. The zero-order chi connectivity index (χ0) is 13.3. The van der Waals surface area contributed by atoms with Crippen molar-refractivity contribution in [3.63, 3.8) is 0 Å². The molecule has 1 aromatic rings. The van der Waals surface area contributed by atoms with Gasteiger partial charge < -0.3 is 5.73 Å². The number of rotatable bonds is 1. The van der Waals surface area contributed by atoms with E-state index in [1.165, 1.54) is 11.8 Å². The van der Waals surface area contributed by atoms with Gasteiger partial charge >= 0.3 is 0 Å². The second-order valence-corrected chi connectivity index (χ2v) is 4.59. The van der Waals surface area contributed by atoms with E-state index in [1.54, 1.807) is 6.08 Å². The highest BCUT2D eigenvalue weighted by Gasteiger charge is 2.27. The maximum absolute atomic E-state index is 11.8. The van der Waals surface area contributed by atoms with Crippen LogP contribution in [-0.2, 0) is 9.59 Å². The van der Waals surface area contributed by atoms with E-state index in [4.69, 9.17) is 5.73 Å². The van der Waals surface area contributed by atoms with E-state index in [0.717, 1.165) is 11.1 Å². The number of anilines is 1. The predicted molar refractivity (Wildman–Crippen MR) is 70.4 cm³/mol. The van der Waals surface area contributed by atoms with Gasteiger partial charge in [-0.15, -0.1) is 0 Å². The first kappa shape index (κ1) is 12.4. The smallest absolute Gasteiger partial charge is 0.253 e. The lowest BCUT2D eigenvalue weighted by molar-refractivity contribution is -0.141. The van der Waals surface area contributed by atoms with Gasteiger partial charge in [0.25, 0.3) is 5.91 Å². The maximum Gasteiger partial charge on any atom is 0.253 e. The predicted octanol–water partition coefficient (Wildman–Crippen LogP) is 1.68. The van der Waals surface area contributed by atoms with Crippen molar-refractivity contribution in [2.24, 2.45) is 5.92 Å². The van der Waals surface area contributed by atoms with Crippen LogP contribution in [-0.4, -0.2) is 23.3 Å². The van der Waals surface area contributed by atoms with E-state index in [2.05, 4.69) is 0 Å². The molecule has 2 rings (SSSR count). The lowest BCUT2D eigenvalue weighted by Crippen LogP contribution is -2.40. The molecule has 1 aliphatic heterocycles. The molecule has 4 heteroatoms. The number of hydrogen-bond acceptors (Lipinski definition) is 3. The number of nitrogens with zero attached hydrogens (tertiary/aromatic N) is 1. The number of carbonyl (C=O) groups is 2. The van der Waals surface area contributed by atoms with E-state index in [1.807, 2.05) is 31.2 Å². The SMILES string of the molecule is CC(=O)N1C[C@@H](C)C(c2ccc(N)cc2)=CC1=O. The van der Waals surface area contributed by atoms with E-state index < -0.39 is 0 Å². The van der Waals surface area contributed by atoms with Gasteiger partial charge in [0.1, 0.15) is 0 Å². The van der Waals surface area contributed by atoms with Gasteiger partial charge in [0.2, 0.25) is 5.91 Å². The van der Waals surface area contributed by atoms with Crippen LogP contribution < -0.4 is 5.73 Å². The van der Waals surface area contributed by atoms with Gasteiger partial charge in [0.05, 0.1) is 0 Å². The number of carbonyl (C=O) groups excluding carboxylic acids is 2. The summed E-state index contributed by atoms with van der Waals surface area (Å²) in [7, 11) is 0. The van der Waals surface area contributed by atoms with Crippen LogP contribution in [0.15, 0.2) is 30.3 Å². The summed E-state index contributed by atoms with van der Waals surface area (Å²) in [6, 6.07) is 7.41. The molecule has 18 heavy (non-hydrogen) atoms. The molecule has 2 amide bonds. The van der Waals surface area contributed by atoms with Crippen LogP contribution in [0.5, 0.6) is 0 Å².